The van der Waals surface area contributed by atoms with Crippen LogP contribution in [-0.2, 0) is 13.0 Å². The van der Waals surface area contributed by atoms with Gasteiger partial charge in [-0.25, -0.2) is 4.79 Å². The molecule has 0 spiro atoms. The first-order chi connectivity index (χ1) is 11.2. The summed E-state index contributed by atoms with van der Waals surface area (Å²) in [5, 5.41) is 15.8. The molecule has 5 nitrogen and oxygen atoms in total. The lowest BCUT2D eigenvalue weighted by Gasteiger charge is -2.18. The Morgan fingerprint density at radius 1 is 1.22 bits per heavy atom. The molecular formula is C18H20N2O3. The van der Waals surface area contributed by atoms with Crippen molar-refractivity contribution < 1.29 is 14.6 Å². The van der Waals surface area contributed by atoms with Crippen LogP contribution >= 0.6 is 0 Å². The topological polar surface area (TPSA) is 70.6 Å². The van der Waals surface area contributed by atoms with E-state index in [2.05, 4.69) is 10.6 Å². The number of rotatable bonds is 4. The van der Waals surface area contributed by atoms with E-state index in [1.165, 1.54) is 0 Å². The maximum atomic E-state index is 12.2. The van der Waals surface area contributed by atoms with Gasteiger partial charge in [0.2, 0.25) is 0 Å². The molecule has 0 bridgehead atoms. The maximum absolute atomic E-state index is 12.2. The van der Waals surface area contributed by atoms with E-state index < -0.39 is 6.10 Å². The molecule has 2 amide bonds. The number of methoxy groups -OCH3 is 1. The van der Waals surface area contributed by atoms with Crippen molar-refractivity contribution in [1.29, 1.82) is 0 Å². The first-order valence-electron chi connectivity index (χ1n) is 7.61. The van der Waals surface area contributed by atoms with E-state index >= 15 is 0 Å². The lowest BCUT2D eigenvalue weighted by molar-refractivity contribution is 0.142. The number of hydrogen-bond donors (Lipinski definition) is 3. The summed E-state index contributed by atoms with van der Waals surface area (Å²) in [6.45, 7) is 0.361. The summed E-state index contributed by atoms with van der Waals surface area (Å²) in [6, 6.07) is 14.6. The molecule has 0 heterocycles. The van der Waals surface area contributed by atoms with Crippen molar-refractivity contribution in [3.63, 3.8) is 0 Å². The maximum Gasteiger partial charge on any atom is 0.315 e. The van der Waals surface area contributed by atoms with Gasteiger partial charge in [-0.3, -0.25) is 0 Å². The van der Waals surface area contributed by atoms with Crippen molar-refractivity contribution in [2.24, 2.45) is 0 Å². The van der Waals surface area contributed by atoms with Crippen LogP contribution in [0, 0.1) is 0 Å². The van der Waals surface area contributed by atoms with Crippen LogP contribution in [0.1, 0.15) is 22.7 Å². The lowest BCUT2D eigenvalue weighted by Crippen LogP contribution is -2.40. The second-order valence-electron chi connectivity index (χ2n) is 5.59. The predicted octanol–water partition coefficient (Wildman–Crippen LogP) is 2.15. The number of urea groups is 1. The van der Waals surface area contributed by atoms with Crippen LogP contribution in [0.15, 0.2) is 48.5 Å². The molecule has 0 saturated carbocycles. The van der Waals surface area contributed by atoms with E-state index in [1.54, 1.807) is 7.11 Å². The van der Waals surface area contributed by atoms with Crippen molar-refractivity contribution in [1.82, 2.24) is 10.6 Å². The summed E-state index contributed by atoms with van der Waals surface area (Å²) < 4.78 is 5.26. The zero-order valence-corrected chi connectivity index (χ0v) is 13.0. The Bertz CT molecular complexity index is 702. The van der Waals surface area contributed by atoms with Gasteiger partial charge in [-0.2, -0.15) is 0 Å². The number of aliphatic hydroxyl groups is 1. The van der Waals surface area contributed by atoms with Crippen LogP contribution in [0.4, 0.5) is 4.79 Å². The molecule has 1 aliphatic carbocycles. The van der Waals surface area contributed by atoms with Gasteiger partial charge >= 0.3 is 6.03 Å². The Morgan fingerprint density at radius 3 is 2.78 bits per heavy atom. The van der Waals surface area contributed by atoms with Crippen LogP contribution < -0.4 is 15.4 Å². The number of benzene rings is 2. The van der Waals surface area contributed by atoms with E-state index in [9.17, 15) is 9.90 Å². The number of aliphatic hydroxyl groups excluding tert-OH is 1. The van der Waals surface area contributed by atoms with Crippen LogP contribution in [0.25, 0.3) is 0 Å². The third kappa shape index (κ3) is 3.29. The van der Waals surface area contributed by atoms with E-state index in [4.69, 9.17) is 4.74 Å². The summed E-state index contributed by atoms with van der Waals surface area (Å²) in [7, 11) is 1.60. The minimum Gasteiger partial charge on any atom is -0.496 e. The number of fused-ring (bicyclic) bond motifs is 1. The molecule has 0 aromatic heterocycles. The SMILES string of the molecule is COc1ccccc1CNC(=O)N[C@H]1c2ccccc2C[C@H]1O. The Kier molecular flexibility index (Phi) is 4.48. The second-order valence-corrected chi connectivity index (χ2v) is 5.59. The standard InChI is InChI=1S/C18H20N2O3/c1-23-16-9-5-3-7-13(16)11-19-18(22)20-17-14-8-4-2-6-12(14)10-15(17)21/h2-9,15,17,21H,10-11H2,1H3,(H2,19,20,22)/t15-,17+/m1/s1. The van der Waals surface area contributed by atoms with Crippen LogP contribution in [-0.4, -0.2) is 24.4 Å². The molecule has 5 heteroatoms. The number of hydrogen-bond acceptors (Lipinski definition) is 3. The third-order valence-corrected chi connectivity index (χ3v) is 4.12. The highest BCUT2D eigenvalue weighted by Gasteiger charge is 2.31. The normalized spacial score (nSPS) is 19.0. The van der Waals surface area contributed by atoms with Crippen LogP contribution in [0.5, 0.6) is 5.75 Å². The van der Waals surface area contributed by atoms with Gasteiger partial charge in [0.1, 0.15) is 5.75 Å². The van der Waals surface area contributed by atoms with E-state index in [0.29, 0.717) is 13.0 Å². The van der Waals surface area contributed by atoms with E-state index in [-0.39, 0.29) is 12.1 Å². The lowest BCUT2D eigenvalue weighted by atomic mass is 10.1. The molecule has 0 fully saturated rings. The fourth-order valence-corrected chi connectivity index (χ4v) is 2.96. The summed E-state index contributed by atoms with van der Waals surface area (Å²) in [4.78, 5) is 12.2. The van der Waals surface area contributed by atoms with Crippen LogP contribution in [0.3, 0.4) is 0 Å². The van der Waals surface area contributed by atoms with Crippen molar-refractivity contribution in [2.45, 2.75) is 25.1 Å². The Hall–Kier alpha value is -2.53. The fraction of sp³-hybridized carbons (Fsp3) is 0.278. The van der Waals surface area contributed by atoms with Crippen molar-refractivity contribution in [2.75, 3.05) is 7.11 Å². The number of amides is 2. The molecule has 0 aliphatic heterocycles. The molecular weight excluding hydrogens is 292 g/mol. The zero-order valence-electron chi connectivity index (χ0n) is 13.0. The molecule has 2 atom stereocenters. The molecule has 0 radical (unpaired) electrons. The summed E-state index contributed by atoms with van der Waals surface area (Å²) in [6.07, 6.45) is -0.0300. The monoisotopic (exact) mass is 312 g/mol. The van der Waals surface area contributed by atoms with Gasteiger partial charge < -0.3 is 20.5 Å². The number of para-hydroxylation sites is 1. The summed E-state index contributed by atoms with van der Waals surface area (Å²) in [5.74, 6) is 0.735. The van der Waals surface area contributed by atoms with Gasteiger partial charge in [-0.05, 0) is 17.2 Å². The first-order valence-corrected chi connectivity index (χ1v) is 7.61. The Labute approximate surface area is 135 Å². The summed E-state index contributed by atoms with van der Waals surface area (Å²) >= 11 is 0. The molecule has 120 valence electrons. The number of ether oxygens (including phenoxy) is 1. The Morgan fingerprint density at radius 2 is 1.96 bits per heavy atom. The molecule has 0 unspecified atom stereocenters. The average Bonchev–Trinajstić information content (AvgIpc) is 2.89. The predicted molar refractivity (Wildman–Crippen MR) is 87.3 cm³/mol. The third-order valence-electron chi connectivity index (χ3n) is 4.12. The average molecular weight is 312 g/mol. The van der Waals surface area contributed by atoms with Gasteiger partial charge in [-0.15, -0.1) is 0 Å². The van der Waals surface area contributed by atoms with Gasteiger partial charge in [0.15, 0.2) is 0 Å². The van der Waals surface area contributed by atoms with Crippen molar-refractivity contribution in [3.8, 4) is 5.75 Å². The highest BCUT2D eigenvalue weighted by molar-refractivity contribution is 5.75. The summed E-state index contributed by atoms with van der Waals surface area (Å²) in [5.41, 5.74) is 2.96. The van der Waals surface area contributed by atoms with Gasteiger partial charge in [-0.1, -0.05) is 42.5 Å². The molecule has 1 aliphatic rings. The zero-order chi connectivity index (χ0) is 16.2. The number of carbonyl (C=O) groups excluding carboxylic acids is 1. The van der Waals surface area contributed by atoms with Crippen LogP contribution in [0.2, 0.25) is 0 Å². The van der Waals surface area contributed by atoms with E-state index in [1.807, 2.05) is 48.5 Å². The van der Waals surface area contributed by atoms with Gasteiger partial charge in [0, 0.05) is 18.5 Å². The van der Waals surface area contributed by atoms with Crippen molar-refractivity contribution in [3.05, 3.63) is 65.2 Å². The first kappa shape index (κ1) is 15.4. The highest BCUT2D eigenvalue weighted by Crippen LogP contribution is 2.31. The molecule has 2 aromatic rings. The largest absolute Gasteiger partial charge is 0.496 e. The van der Waals surface area contributed by atoms with Gasteiger partial charge in [0.05, 0.1) is 19.3 Å². The minimum absolute atomic E-state index is 0.309. The minimum atomic E-state index is -0.593. The van der Waals surface area contributed by atoms with E-state index in [0.717, 1.165) is 22.4 Å². The highest BCUT2D eigenvalue weighted by atomic mass is 16.5. The quantitative estimate of drug-likeness (QED) is 0.810. The molecule has 2 aromatic carbocycles. The Balaban J connectivity index is 1.62. The van der Waals surface area contributed by atoms with Crippen molar-refractivity contribution >= 4 is 6.03 Å². The fourth-order valence-electron chi connectivity index (χ4n) is 2.96. The second kappa shape index (κ2) is 6.71. The molecule has 3 N–H and O–H groups in total. The number of carbonyl (C=O) groups is 1. The van der Waals surface area contributed by atoms with Gasteiger partial charge in [0.25, 0.3) is 0 Å². The number of nitrogens with one attached hydrogen (secondary N) is 2. The molecule has 0 saturated heterocycles. The molecule has 3 rings (SSSR count). The smallest absolute Gasteiger partial charge is 0.315 e. The molecule has 23 heavy (non-hydrogen) atoms.